The van der Waals surface area contributed by atoms with Crippen LogP contribution in [0, 0.1) is 6.92 Å². The zero-order chi connectivity index (χ0) is 18.6. The molecule has 0 spiro atoms. The van der Waals surface area contributed by atoms with Crippen molar-refractivity contribution in [3.8, 4) is 34.2 Å². The van der Waals surface area contributed by atoms with E-state index in [1.54, 1.807) is 0 Å². The first-order valence-electron chi connectivity index (χ1n) is 9.07. The Kier molecular flexibility index (Phi) is 4.71. The standard InChI is InChI=1S/C23H21N3O/c1-3-27-21-15-13-19(14-16-21)23-25-24-22(18-11-9-17(2)10-12-18)26(23)20-7-5-4-6-8-20/h4-16H,3H2,1-2H3. The fourth-order valence-corrected chi connectivity index (χ4v) is 3.05. The number of hydrogen-bond donors (Lipinski definition) is 0. The lowest BCUT2D eigenvalue weighted by Crippen LogP contribution is -2.00. The SMILES string of the molecule is CCOc1ccc(-c2nnc(-c3ccc(C)cc3)n2-c2ccccc2)cc1. The van der Waals surface area contributed by atoms with Gasteiger partial charge in [-0.2, -0.15) is 0 Å². The van der Waals surface area contributed by atoms with Gasteiger partial charge in [0, 0.05) is 16.8 Å². The second-order valence-corrected chi connectivity index (χ2v) is 6.34. The van der Waals surface area contributed by atoms with Gasteiger partial charge in [-0.05, 0) is 50.2 Å². The van der Waals surface area contributed by atoms with E-state index in [9.17, 15) is 0 Å². The summed E-state index contributed by atoms with van der Waals surface area (Å²) in [5.74, 6) is 2.48. The van der Waals surface area contributed by atoms with Crippen LogP contribution in [0.2, 0.25) is 0 Å². The molecule has 134 valence electrons. The van der Waals surface area contributed by atoms with Crippen molar-refractivity contribution < 1.29 is 4.74 Å². The molecular formula is C23H21N3O. The second kappa shape index (κ2) is 7.46. The Labute approximate surface area is 159 Å². The van der Waals surface area contributed by atoms with Gasteiger partial charge >= 0.3 is 0 Å². The van der Waals surface area contributed by atoms with Crippen molar-refractivity contribution in [2.24, 2.45) is 0 Å². The topological polar surface area (TPSA) is 39.9 Å². The van der Waals surface area contributed by atoms with Gasteiger partial charge in [0.15, 0.2) is 11.6 Å². The fourth-order valence-electron chi connectivity index (χ4n) is 3.05. The quantitative estimate of drug-likeness (QED) is 0.487. The Morgan fingerprint density at radius 1 is 0.741 bits per heavy atom. The first kappa shape index (κ1) is 17.0. The summed E-state index contributed by atoms with van der Waals surface area (Å²) in [7, 11) is 0. The van der Waals surface area contributed by atoms with Gasteiger partial charge in [0.2, 0.25) is 0 Å². The van der Waals surface area contributed by atoms with Gasteiger partial charge in [-0.3, -0.25) is 4.57 Å². The van der Waals surface area contributed by atoms with Crippen LogP contribution < -0.4 is 4.74 Å². The molecule has 0 aliphatic carbocycles. The van der Waals surface area contributed by atoms with Gasteiger partial charge in [0.05, 0.1) is 6.61 Å². The number of nitrogens with zero attached hydrogens (tertiary/aromatic N) is 3. The van der Waals surface area contributed by atoms with Gasteiger partial charge in [-0.25, -0.2) is 0 Å². The summed E-state index contributed by atoms with van der Waals surface area (Å²) in [6.45, 7) is 4.71. The average molecular weight is 355 g/mol. The molecule has 0 saturated carbocycles. The predicted octanol–water partition coefficient (Wildman–Crippen LogP) is 5.31. The molecule has 0 N–H and O–H groups in total. The number of aromatic nitrogens is 3. The summed E-state index contributed by atoms with van der Waals surface area (Å²) in [5.41, 5.74) is 4.28. The zero-order valence-electron chi connectivity index (χ0n) is 15.5. The molecule has 0 amide bonds. The van der Waals surface area contributed by atoms with Crippen molar-refractivity contribution >= 4 is 0 Å². The van der Waals surface area contributed by atoms with Gasteiger partial charge < -0.3 is 4.74 Å². The van der Waals surface area contributed by atoms with E-state index in [1.165, 1.54) is 5.56 Å². The molecule has 0 radical (unpaired) electrons. The van der Waals surface area contributed by atoms with E-state index >= 15 is 0 Å². The lowest BCUT2D eigenvalue weighted by atomic mass is 10.1. The Bertz CT molecular complexity index is 1020. The second-order valence-electron chi connectivity index (χ2n) is 6.34. The molecule has 1 aromatic heterocycles. The number of aryl methyl sites for hydroxylation is 1. The Morgan fingerprint density at radius 3 is 1.85 bits per heavy atom. The minimum absolute atomic E-state index is 0.650. The molecule has 0 aliphatic rings. The maximum atomic E-state index is 5.55. The molecule has 27 heavy (non-hydrogen) atoms. The van der Waals surface area contributed by atoms with Crippen LogP contribution in [0.3, 0.4) is 0 Å². The third-order valence-corrected chi connectivity index (χ3v) is 4.41. The van der Waals surface area contributed by atoms with Crippen LogP contribution in [0.5, 0.6) is 5.75 Å². The van der Waals surface area contributed by atoms with E-state index in [-0.39, 0.29) is 0 Å². The van der Waals surface area contributed by atoms with Crippen molar-refractivity contribution in [2.75, 3.05) is 6.61 Å². The average Bonchev–Trinajstić information content (AvgIpc) is 3.15. The molecule has 0 aliphatic heterocycles. The normalized spacial score (nSPS) is 10.7. The third-order valence-electron chi connectivity index (χ3n) is 4.41. The van der Waals surface area contributed by atoms with E-state index < -0.39 is 0 Å². The molecule has 3 aromatic carbocycles. The van der Waals surface area contributed by atoms with Crippen LogP contribution >= 0.6 is 0 Å². The molecule has 4 nitrogen and oxygen atoms in total. The maximum Gasteiger partial charge on any atom is 0.168 e. The molecule has 4 heteroatoms. The molecule has 1 heterocycles. The zero-order valence-corrected chi connectivity index (χ0v) is 15.5. The van der Waals surface area contributed by atoms with Crippen LogP contribution in [0.4, 0.5) is 0 Å². The summed E-state index contributed by atoms with van der Waals surface area (Å²) in [5, 5.41) is 9.02. The monoisotopic (exact) mass is 355 g/mol. The van der Waals surface area contributed by atoms with E-state index in [1.807, 2.05) is 49.4 Å². The van der Waals surface area contributed by atoms with Crippen LogP contribution in [0.25, 0.3) is 28.5 Å². The largest absolute Gasteiger partial charge is 0.494 e. The van der Waals surface area contributed by atoms with E-state index in [2.05, 4.69) is 58.1 Å². The first-order chi connectivity index (χ1) is 13.3. The summed E-state index contributed by atoms with van der Waals surface area (Å²) in [6.07, 6.45) is 0. The number of ether oxygens (including phenoxy) is 1. The Hall–Kier alpha value is -3.40. The number of para-hydroxylation sites is 1. The number of hydrogen-bond acceptors (Lipinski definition) is 3. The highest BCUT2D eigenvalue weighted by Gasteiger charge is 2.17. The van der Waals surface area contributed by atoms with Crippen LogP contribution in [0.1, 0.15) is 12.5 Å². The predicted molar refractivity (Wildman–Crippen MR) is 108 cm³/mol. The van der Waals surface area contributed by atoms with Crippen molar-refractivity contribution in [2.45, 2.75) is 13.8 Å². The van der Waals surface area contributed by atoms with E-state index in [0.29, 0.717) is 6.61 Å². The van der Waals surface area contributed by atoms with Crippen molar-refractivity contribution in [1.82, 2.24) is 14.8 Å². The van der Waals surface area contributed by atoms with E-state index in [4.69, 9.17) is 4.74 Å². The summed E-state index contributed by atoms with van der Waals surface area (Å²) in [4.78, 5) is 0. The lowest BCUT2D eigenvalue weighted by molar-refractivity contribution is 0.340. The van der Waals surface area contributed by atoms with Gasteiger partial charge in [-0.15, -0.1) is 10.2 Å². The minimum Gasteiger partial charge on any atom is -0.494 e. The first-order valence-corrected chi connectivity index (χ1v) is 9.07. The highest BCUT2D eigenvalue weighted by atomic mass is 16.5. The number of rotatable bonds is 5. The van der Waals surface area contributed by atoms with Gasteiger partial charge in [0.1, 0.15) is 5.75 Å². The summed E-state index contributed by atoms with van der Waals surface area (Å²) in [6, 6.07) is 26.5. The summed E-state index contributed by atoms with van der Waals surface area (Å²) >= 11 is 0. The van der Waals surface area contributed by atoms with Crippen molar-refractivity contribution in [1.29, 1.82) is 0 Å². The van der Waals surface area contributed by atoms with Gasteiger partial charge in [0.25, 0.3) is 0 Å². The molecule has 0 bridgehead atoms. The highest BCUT2D eigenvalue weighted by molar-refractivity contribution is 5.67. The molecule has 4 aromatic rings. The summed E-state index contributed by atoms with van der Waals surface area (Å²) < 4.78 is 7.65. The molecule has 4 rings (SSSR count). The Morgan fingerprint density at radius 2 is 1.30 bits per heavy atom. The lowest BCUT2D eigenvalue weighted by Gasteiger charge is -2.11. The highest BCUT2D eigenvalue weighted by Crippen LogP contribution is 2.29. The van der Waals surface area contributed by atoms with Crippen LogP contribution in [-0.2, 0) is 0 Å². The minimum atomic E-state index is 0.650. The Balaban J connectivity index is 1.86. The smallest absolute Gasteiger partial charge is 0.168 e. The van der Waals surface area contributed by atoms with Gasteiger partial charge in [-0.1, -0.05) is 48.0 Å². The van der Waals surface area contributed by atoms with Crippen LogP contribution in [-0.4, -0.2) is 21.4 Å². The molecule has 0 atom stereocenters. The fraction of sp³-hybridized carbons (Fsp3) is 0.130. The van der Waals surface area contributed by atoms with Crippen LogP contribution in [0.15, 0.2) is 78.9 Å². The molecule has 0 fully saturated rings. The molecular weight excluding hydrogens is 334 g/mol. The maximum absolute atomic E-state index is 5.55. The molecule has 0 saturated heterocycles. The van der Waals surface area contributed by atoms with Crippen molar-refractivity contribution in [3.63, 3.8) is 0 Å². The third kappa shape index (κ3) is 3.47. The molecule has 0 unspecified atom stereocenters. The van der Waals surface area contributed by atoms with Crippen molar-refractivity contribution in [3.05, 3.63) is 84.4 Å². The number of benzene rings is 3. The van der Waals surface area contributed by atoms with E-state index in [0.717, 1.165) is 34.2 Å².